The predicted octanol–water partition coefficient (Wildman–Crippen LogP) is 3.08. The summed E-state index contributed by atoms with van der Waals surface area (Å²) in [5.74, 6) is 0. The molecule has 1 aliphatic heterocycles. The number of carbonyl (C=O) groups is 1. The van der Waals surface area contributed by atoms with Crippen molar-refractivity contribution in [2.75, 3.05) is 33.0 Å². The number of nitrogens with one attached hydrogen (secondary N) is 1. The van der Waals surface area contributed by atoms with E-state index in [1.807, 2.05) is 32.9 Å². The molecular formula is C18H31N3O4Si. The SMILES string of the molecule is CCO[Si](CCCNC(=O)N1CN=C2CC(C)=CC=C21)(OCC)OCC. The molecule has 0 radical (unpaired) electrons. The standard InChI is InChI=1S/C18H31N3O4Si/c1-5-23-26(24-6-2,25-7-3)12-8-11-19-18(22)21-14-20-16-13-15(4)9-10-17(16)21/h9-10H,5-8,11-14H2,1-4H3,(H,19,22). The lowest BCUT2D eigenvalue weighted by Gasteiger charge is -2.28. The topological polar surface area (TPSA) is 72.4 Å². The molecule has 26 heavy (non-hydrogen) atoms. The third-order valence-electron chi connectivity index (χ3n) is 4.24. The van der Waals surface area contributed by atoms with Crippen LogP contribution in [0.2, 0.25) is 6.04 Å². The number of hydrogen-bond donors (Lipinski definition) is 1. The van der Waals surface area contributed by atoms with Crippen molar-refractivity contribution in [2.45, 2.75) is 46.6 Å². The van der Waals surface area contributed by atoms with Crippen molar-refractivity contribution >= 4 is 20.5 Å². The van der Waals surface area contributed by atoms with Gasteiger partial charge in [0.25, 0.3) is 0 Å². The molecule has 8 heteroatoms. The molecule has 0 unspecified atom stereocenters. The first kappa shape index (κ1) is 20.8. The van der Waals surface area contributed by atoms with Gasteiger partial charge < -0.3 is 18.6 Å². The number of hydrogen-bond acceptors (Lipinski definition) is 5. The molecule has 0 fully saturated rings. The van der Waals surface area contributed by atoms with Crippen LogP contribution in [0.4, 0.5) is 4.79 Å². The molecule has 0 aromatic carbocycles. The first-order valence-electron chi connectivity index (χ1n) is 9.43. The molecule has 0 atom stereocenters. The second kappa shape index (κ2) is 10.0. The molecule has 1 heterocycles. The van der Waals surface area contributed by atoms with Gasteiger partial charge in [0.2, 0.25) is 0 Å². The van der Waals surface area contributed by atoms with E-state index in [1.165, 1.54) is 5.57 Å². The number of urea groups is 1. The lowest BCUT2D eigenvalue weighted by Crippen LogP contribution is -2.46. The molecule has 0 aromatic heterocycles. The Balaban J connectivity index is 1.82. The van der Waals surface area contributed by atoms with Gasteiger partial charge in [0.15, 0.2) is 0 Å². The van der Waals surface area contributed by atoms with Crippen molar-refractivity contribution in [1.29, 1.82) is 0 Å². The molecule has 2 aliphatic rings. The van der Waals surface area contributed by atoms with Gasteiger partial charge in [-0.3, -0.25) is 9.89 Å². The highest BCUT2D eigenvalue weighted by molar-refractivity contribution is 6.60. The fourth-order valence-electron chi connectivity index (χ4n) is 3.12. The number of nitrogens with zero attached hydrogens (tertiary/aromatic N) is 2. The summed E-state index contributed by atoms with van der Waals surface area (Å²) in [5.41, 5.74) is 3.17. The summed E-state index contributed by atoms with van der Waals surface area (Å²) in [5, 5.41) is 2.98. The lowest BCUT2D eigenvalue weighted by molar-refractivity contribution is 0.0708. The van der Waals surface area contributed by atoms with Crippen molar-refractivity contribution in [3.63, 3.8) is 0 Å². The van der Waals surface area contributed by atoms with Gasteiger partial charge in [-0.25, -0.2) is 4.79 Å². The molecule has 7 nitrogen and oxygen atoms in total. The number of fused-ring (bicyclic) bond motifs is 1. The summed E-state index contributed by atoms with van der Waals surface area (Å²) in [7, 11) is -2.64. The lowest BCUT2D eigenvalue weighted by atomic mass is 10.0. The minimum Gasteiger partial charge on any atom is -0.374 e. The van der Waals surface area contributed by atoms with E-state index in [0.717, 1.165) is 24.3 Å². The zero-order valence-electron chi connectivity index (χ0n) is 16.3. The third kappa shape index (κ3) is 5.26. The number of aliphatic imine (C=N–C) groups is 1. The second-order valence-corrected chi connectivity index (χ2v) is 8.97. The maximum absolute atomic E-state index is 12.5. The highest BCUT2D eigenvalue weighted by Gasteiger charge is 2.39. The van der Waals surface area contributed by atoms with Crippen LogP contribution >= 0.6 is 0 Å². The van der Waals surface area contributed by atoms with Crippen LogP contribution in [0.3, 0.4) is 0 Å². The number of rotatable bonds is 10. The molecule has 1 aliphatic carbocycles. The monoisotopic (exact) mass is 381 g/mol. The summed E-state index contributed by atoms with van der Waals surface area (Å²) < 4.78 is 17.5. The molecular weight excluding hydrogens is 350 g/mol. The molecule has 0 saturated carbocycles. The highest BCUT2D eigenvalue weighted by atomic mass is 28.4. The summed E-state index contributed by atoms with van der Waals surface area (Å²) in [4.78, 5) is 18.6. The first-order valence-corrected chi connectivity index (χ1v) is 11.4. The van der Waals surface area contributed by atoms with Crippen LogP contribution in [0.1, 0.15) is 40.5 Å². The average Bonchev–Trinajstić information content (AvgIpc) is 3.02. The van der Waals surface area contributed by atoms with Crippen LogP contribution in [0.5, 0.6) is 0 Å². The molecule has 1 N–H and O–H groups in total. The van der Waals surface area contributed by atoms with E-state index in [9.17, 15) is 4.79 Å². The van der Waals surface area contributed by atoms with Crippen molar-refractivity contribution in [3.05, 3.63) is 23.4 Å². The molecule has 0 aromatic rings. The Morgan fingerprint density at radius 2 is 1.85 bits per heavy atom. The van der Waals surface area contributed by atoms with Crippen LogP contribution in [-0.4, -0.2) is 58.5 Å². The smallest absolute Gasteiger partial charge is 0.374 e. The van der Waals surface area contributed by atoms with E-state index in [0.29, 0.717) is 39.1 Å². The molecule has 2 rings (SSSR count). The van der Waals surface area contributed by atoms with Crippen molar-refractivity contribution in [3.8, 4) is 0 Å². The molecule has 2 amide bonds. The minimum absolute atomic E-state index is 0.112. The van der Waals surface area contributed by atoms with Gasteiger partial charge in [0.05, 0.1) is 11.4 Å². The van der Waals surface area contributed by atoms with Gasteiger partial charge in [-0.2, -0.15) is 0 Å². The highest BCUT2D eigenvalue weighted by Crippen LogP contribution is 2.24. The maximum Gasteiger partial charge on any atom is 0.500 e. The van der Waals surface area contributed by atoms with Gasteiger partial charge in [-0.1, -0.05) is 11.6 Å². The Hall–Kier alpha value is -1.48. The zero-order valence-corrected chi connectivity index (χ0v) is 17.3. The number of amides is 2. The normalized spacial score (nSPS) is 16.8. The fourth-order valence-corrected chi connectivity index (χ4v) is 5.73. The summed E-state index contributed by atoms with van der Waals surface area (Å²) in [6.07, 6.45) is 5.59. The zero-order chi connectivity index (χ0) is 19.0. The Bertz CT molecular complexity index is 572. The van der Waals surface area contributed by atoms with E-state index < -0.39 is 8.80 Å². The predicted molar refractivity (Wildman–Crippen MR) is 104 cm³/mol. The van der Waals surface area contributed by atoms with Crippen LogP contribution in [0.25, 0.3) is 0 Å². The Morgan fingerprint density at radius 3 is 2.46 bits per heavy atom. The Morgan fingerprint density at radius 1 is 1.19 bits per heavy atom. The fraction of sp³-hybridized carbons (Fsp3) is 0.667. The second-order valence-electron chi connectivity index (χ2n) is 6.23. The summed E-state index contributed by atoms with van der Waals surface area (Å²) in [6, 6.07) is 0.578. The van der Waals surface area contributed by atoms with Crippen LogP contribution < -0.4 is 5.32 Å². The molecule has 0 spiro atoms. The first-order chi connectivity index (χ1) is 12.5. The Kier molecular flexibility index (Phi) is 8.02. The number of carbonyl (C=O) groups excluding carboxylic acids is 1. The van der Waals surface area contributed by atoms with E-state index in [-0.39, 0.29) is 6.03 Å². The van der Waals surface area contributed by atoms with Crippen molar-refractivity contribution in [1.82, 2.24) is 10.2 Å². The van der Waals surface area contributed by atoms with Crippen LogP contribution in [0, 0.1) is 0 Å². The average molecular weight is 382 g/mol. The quantitative estimate of drug-likeness (QED) is 0.466. The molecule has 146 valence electrons. The Labute approximate surface area is 157 Å². The third-order valence-corrected chi connectivity index (χ3v) is 7.39. The maximum atomic E-state index is 12.5. The summed E-state index contributed by atoms with van der Waals surface area (Å²) >= 11 is 0. The van der Waals surface area contributed by atoms with E-state index >= 15 is 0 Å². The summed E-state index contributed by atoms with van der Waals surface area (Å²) in [6.45, 7) is 10.5. The van der Waals surface area contributed by atoms with Crippen LogP contribution in [-0.2, 0) is 13.3 Å². The molecule has 0 bridgehead atoms. The van der Waals surface area contributed by atoms with Gasteiger partial charge in [0.1, 0.15) is 6.67 Å². The van der Waals surface area contributed by atoms with Gasteiger partial charge >= 0.3 is 14.8 Å². The molecule has 0 saturated heterocycles. The van der Waals surface area contributed by atoms with E-state index in [4.69, 9.17) is 13.3 Å². The number of allylic oxidation sites excluding steroid dienone is 4. The minimum atomic E-state index is -2.64. The van der Waals surface area contributed by atoms with Gasteiger partial charge in [0, 0.05) is 38.8 Å². The van der Waals surface area contributed by atoms with E-state index in [2.05, 4.69) is 17.2 Å². The van der Waals surface area contributed by atoms with E-state index in [1.54, 1.807) is 4.90 Å². The largest absolute Gasteiger partial charge is 0.500 e. The van der Waals surface area contributed by atoms with Gasteiger partial charge in [-0.15, -0.1) is 0 Å². The van der Waals surface area contributed by atoms with Gasteiger partial charge in [-0.05, 0) is 40.2 Å². The van der Waals surface area contributed by atoms with Crippen molar-refractivity contribution in [2.24, 2.45) is 4.99 Å². The van der Waals surface area contributed by atoms with Crippen LogP contribution in [0.15, 0.2) is 28.4 Å². The van der Waals surface area contributed by atoms with Crippen molar-refractivity contribution < 1.29 is 18.1 Å².